The average Bonchev–Trinajstić information content (AvgIpc) is 2.80. The van der Waals surface area contributed by atoms with Crippen LogP contribution in [0.3, 0.4) is 0 Å². The van der Waals surface area contributed by atoms with E-state index in [1.807, 2.05) is 11.5 Å². The lowest BCUT2D eigenvalue weighted by Crippen LogP contribution is -2.01. The summed E-state index contributed by atoms with van der Waals surface area (Å²) in [5.74, 6) is 1.85. The van der Waals surface area contributed by atoms with Crippen molar-refractivity contribution in [3.8, 4) is 0 Å². The zero-order valence-electron chi connectivity index (χ0n) is 7.13. The lowest BCUT2D eigenvalue weighted by atomic mass is 10.3. The largest absolute Gasteiger partial charge is 0.302 e. The van der Waals surface area contributed by atoms with Gasteiger partial charge in [-0.1, -0.05) is 12.8 Å². The number of aryl methyl sites for hydroxylation is 1. The number of halogens is 1. The molecule has 1 aromatic rings. The van der Waals surface area contributed by atoms with Gasteiger partial charge in [-0.3, -0.25) is 0 Å². The fraction of sp³-hybridized carbons (Fsp3) is 0.750. The molecule has 1 heterocycles. The summed E-state index contributed by atoms with van der Waals surface area (Å²) in [5, 5.41) is 8.21. The van der Waals surface area contributed by atoms with Crippen LogP contribution in [0.4, 0.5) is 0 Å². The summed E-state index contributed by atoms with van der Waals surface area (Å²) < 4.78 is 1.97. The Labute approximate surface area is 76.7 Å². The van der Waals surface area contributed by atoms with Gasteiger partial charge in [0.25, 0.3) is 0 Å². The fourth-order valence-electron chi connectivity index (χ4n) is 1.33. The van der Waals surface area contributed by atoms with E-state index in [-0.39, 0.29) is 0 Å². The first kappa shape index (κ1) is 8.05. The molecular weight excluding hydrogens is 174 g/mol. The second kappa shape index (κ2) is 3.05. The third kappa shape index (κ3) is 1.61. The van der Waals surface area contributed by atoms with Gasteiger partial charge in [0.2, 0.25) is 5.28 Å². The van der Waals surface area contributed by atoms with Gasteiger partial charge in [0, 0.05) is 6.54 Å². The van der Waals surface area contributed by atoms with Crippen LogP contribution in [0.5, 0.6) is 0 Å². The first-order valence-electron chi connectivity index (χ1n) is 4.32. The molecule has 0 saturated heterocycles. The molecular formula is C8H12ClN3. The maximum Gasteiger partial charge on any atom is 0.225 e. The first-order valence-corrected chi connectivity index (χ1v) is 4.70. The van der Waals surface area contributed by atoms with E-state index in [1.54, 1.807) is 0 Å². The molecule has 4 heteroatoms. The monoisotopic (exact) mass is 185 g/mol. The van der Waals surface area contributed by atoms with Crippen molar-refractivity contribution in [3.63, 3.8) is 0 Å². The average molecular weight is 186 g/mol. The van der Waals surface area contributed by atoms with Gasteiger partial charge in [-0.25, -0.2) is 0 Å². The van der Waals surface area contributed by atoms with Crippen LogP contribution in [-0.4, -0.2) is 14.8 Å². The van der Waals surface area contributed by atoms with Gasteiger partial charge >= 0.3 is 0 Å². The van der Waals surface area contributed by atoms with Gasteiger partial charge in [0.15, 0.2) is 0 Å². The van der Waals surface area contributed by atoms with E-state index in [0.29, 0.717) is 5.28 Å². The van der Waals surface area contributed by atoms with Crippen LogP contribution in [0.25, 0.3) is 0 Å². The van der Waals surface area contributed by atoms with Crippen molar-refractivity contribution in [2.75, 3.05) is 0 Å². The summed E-state index contributed by atoms with van der Waals surface area (Å²) >= 11 is 5.84. The van der Waals surface area contributed by atoms with Crippen molar-refractivity contribution < 1.29 is 0 Å². The second-order valence-electron chi connectivity index (χ2n) is 3.40. The molecule has 2 rings (SSSR count). The van der Waals surface area contributed by atoms with Gasteiger partial charge in [-0.15, -0.1) is 10.2 Å². The van der Waals surface area contributed by atoms with E-state index < -0.39 is 0 Å². The molecule has 0 atom stereocenters. The second-order valence-corrected chi connectivity index (χ2v) is 3.74. The minimum atomic E-state index is 0.521. The summed E-state index contributed by atoms with van der Waals surface area (Å²) in [6.07, 6.45) is 4.00. The highest BCUT2D eigenvalue weighted by Crippen LogP contribution is 2.33. The van der Waals surface area contributed by atoms with E-state index in [9.17, 15) is 0 Å². The molecule has 66 valence electrons. The number of rotatable bonds is 3. The Morgan fingerprint density at radius 3 is 2.75 bits per heavy atom. The summed E-state index contributed by atoms with van der Waals surface area (Å²) in [6, 6.07) is 0. The molecule has 1 aliphatic rings. The summed E-state index contributed by atoms with van der Waals surface area (Å²) in [5.41, 5.74) is 0. The Morgan fingerprint density at radius 2 is 2.25 bits per heavy atom. The Hall–Kier alpha value is -0.570. The molecule has 0 aliphatic heterocycles. The van der Waals surface area contributed by atoms with E-state index in [1.165, 1.54) is 19.3 Å². The van der Waals surface area contributed by atoms with Crippen molar-refractivity contribution in [2.24, 2.45) is 5.92 Å². The van der Waals surface area contributed by atoms with Crippen LogP contribution in [0.2, 0.25) is 5.28 Å². The highest BCUT2D eigenvalue weighted by molar-refractivity contribution is 6.28. The first-order chi connectivity index (χ1) is 5.77. The molecule has 0 spiro atoms. The zero-order valence-corrected chi connectivity index (χ0v) is 7.88. The Kier molecular flexibility index (Phi) is 2.05. The number of aromatic nitrogens is 3. The molecule has 1 fully saturated rings. The number of hydrogen-bond donors (Lipinski definition) is 0. The molecule has 0 N–H and O–H groups in total. The molecule has 1 aliphatic carbocycles. The Bertz CT molecular complexity index is 258. The minimum Gasteiger partial charge on any atom is -0.302 e. The van der Waals surface area contributed by atoms with Crippen molar-refractivity contribution >= 4 is 11.6 Å². The molecule has 12 heavy (non-hydrogen) atoms. The minimum absolute atomic E-state index is 0.521. The summed E-state index contributed by atoms with van der Waals surface area (Å²) in [6.45, 7) is 2.91. The highest BCUT2D eigenvalue weighted by atomic mass is 35.5. The molecule has 0 unspecified atom stereocenters. The third-order valence-corrected chi connectivity index (χ3v) is 2.63. The standard InChI is InChI=1S/C8H12ClN3/c1-6-10-11-8(9)12(6)5-4-7-2-3-7/h7H,2-5H2,1H3. The third-order valence-electron chi connectivity index (χ3n) is 2.35. The van der Waals surface area contributed by atoms with Gasteiger partial charge in [-0.05, 0) is 30.9 Å². The van der Waals surface area contributed by atoms with E-state index in [2.05, 4.69) is 10.2 Å². The fourth-order valence-corrected chi connectivity index (χ4v) is 1.57. The lowest BCUT2D eigenvalue weighted by molar-refractivity contribution is 0.584. The van der Waals surface area contributed by atoms with Crippen LogP contribution >= 0.6 is 11.6 Å². The predicted octanol–water partition coefficient (Wildman–Crippen LogP) is 2.04. The van der Waals surface area contributed by atoms with Crippen LogP contribution in [0, 0.1) is 12.8 Å². The van der Waals surface area contributed by atoms with Gasteiger partial charge in [-0.2, -0.15) is 0 Å². The van der Waals surface area contributed by atoms with Crippen LogP contribution in [-0.2, 0) is 6.54 Å². The van der Waals surface area contributed by atoms with Crippen LogP contribution in [0.1, 0.15) is 25.1 Å². The van der Waals surface area contributed by atoms with Gasteiger partial charge in [0.05, 0.1) is 0 Å². The molecule has 1 saturated carbocycles. The molecule has 0 bridgehead atoms. The van der Waals surface area contributed by atoms with E-state index in [0.717, 1.165) is 18.3 Å². The quantitative estimate of drug-likeness (QED) is 0.722. The van der Waals surface area contributed by atoms with Crippen molar-refractivity contribution in [2.45, 2.75) is 32.7 Å². The number of hydrogen-bond acceptors (Lipinski definition) is 2. The normalized spacial score (nSPS) is 16.8. The topological polar surface area (TPSA) is 30.7 Å². The highest BCUT2D eigenvalue weighted by Gasteiger charge is 2.21. The van der Waals surface area contributed by atoms with Crippen LogP contribution < -0.4 is 0 Å². The maximum atomic E-state index is 5.84. The molecule has 1 aromatic heterocycles. The van der Waals surface area contributed by atoms with Crippen molar-refractivity contribution in [1.82, 2.24) is 14.8 Å². The molecule has 0 aromatic carbocycles. The molecule has 0 radical (unpaired) electrons. The van der Waals surface area contributed by atoms with E-state index in [4.69, 9.17) is 11.6 Å². The Morgan fingerprint density at radius 1 is 1.50 bits per heavy atom. The van der Waals surface area contributed by atoms with Crippen molar-refractivity contribution in [1.29, 1.82) is 0 Å². The summed E-state index contributed by atoms with van der Waals surface area (Å²) in [7, 11) is 0. The van der Waals surface area contributed by atoms with Gasteiger partial charge in [0.1, 0.15) is 5.82 Å². The van der Waals surface area contributed by atoms with Crippen LogP contribution in [0.15, 0.2) is 0 Å². The smallest absolute Gasteiger partial charge is 0.225 e. The molecule has 3 nitrogen and oxygen atoms in total. The van der Waals surface area contributed by atoms with Gasteiger partial charge < -0.3 is 4.57 Å². The SMILES string of the molecule is Cc1nnc(Cl)n1CCC1CC1. The number of nitrogens with zero attached hydrogens (tertiary/aromatic N) is 3. The lowest BCUT2D eigenvalue weighted by Gasteiger charge is -2.02. The maximum absolute atomic E-state index is 5.84. The van der Waals surface area contributed by atoms with E-state index >= 15 is 0 Å². The van der Waals surface area contributed by atoms with Crippen molar-refractivity contribution in [3.05, 3.63) is 11.1 Å². The summed E-state index contributed by atoms with van der Waals surface area (Å²) in [4.78, 5) is 0. The molecule has 0 amide bonds. The zero-order chi connectivity index (χ0) is 8.55. The predicted molar refractivity (Wildman–Crippen MR) is 47.1 cm³/mol. The Balaban J connectivity index is 1.99.